The van der Waals surface area contributed by atoms with E-state index in [1.165, 1.54) is 0 Å². The number of primary amides is 2. The second-order valence-corrected chi connectivity index (χ2v) is 3.67. The Hall–Kier alpha value is -1.84. The molecule has 4 nitrogen and oxygen atoms in total. The average Bonchev–Trinajstić information content (AvgIpc) is 2.25. The fourth-order valence-electron chi connectivity index (χ4n) is 1.67. The number of amides is 2. The molecule has 1 unspecified atom stereocenters. The second-order valence-electron chi connectivity index (χ2n) is 3.67. The highest BCUT2D eigenvalue weighted by Crippen LogP contribution is 2.26. The van der Waals surface area contributed by atoms with E-state index in [4.69, 9.17) is 11.5 Å². The van der Waals surface area contributed by atoms with Gasteiger partial charge in [0.2, 0.25) is 11.8 Å². The van der Waals surface area contributed by atoms with Crippen molar-refractivity contribution in [3.8, 4) is 0 Å². The molecule has 4 heteroatoms. The Kier molecular flexibility index (Phi) is 4.05. The minimum atomic E-state index is -0.700. The van der Waals surface area contributed by atoms with Gasteiger partial charge in [-0.3, -0.25) is 9.59 Å². The maximum Gasteiger partial charge on any atom is 0.245 e. The highest BCUT2D eigenvalue weighted by molar-refractivity contribution is 6.01. The molecule has 0 aliphatic heterocycles. The number of hydrogen-bond acceptors (Lipinski definition) is 2. The molecule has 0 aromatic carbocycles. The number of carbonyl (C=O) groups excluding carboxylic acids is 2. The van der Waals surface area contributed by atoms with Crippen LogP contribution in [0.4, 0.5) is 0 Å². The van der Waals surface area contributed by atoms with Gasteiger partial charge in [0.05, 0.1) is 5.92 Å². The predicted octanol–water partition coefficient (Wildman–Crippen LogP) is 0.796. The first-order valence-electron chi connectivity index (χ1n) is 5.25. The molecule has 0 bridgehead atoms. The number of nitrogens with two attached hydrogens (primary N) is 2. The molecule has 0 radical (unpaired) electrons. The Labute approximate surface area is 94.7 Å². The van der Waals surface area contributed by atoms with E-state index in [1.54, 1.807) is 18.2 Å². The van der Waals surface area contributed by atoms with Gasteiger partial charge in [-0.15, -0.1) is 0 Å². The molecule has 0 spiro atoms. The zero-order chi connectivity index (χ0) is 12.1. The van der Waals surface area contributed by atoms with E-state index >= 15 is 0 Å². The molecule has 16 heavy (non-hydrogen) atoms. The van der Waals surface area contributed by atoms with Gasteiger partial charge in [-0.2, -0.15) is 0 Å². The smallest absolute Gasteiger partial charge is 0.245 e. The lowest BCUT2D eigenvalue weighted by atomic mass is 9.85. The number of rotatable bonds is 4. The quantitative estimate of drug-likeness (QED) is 0.734. The molecule has 1 rings (SSSR count). The summed E-state index contributed by atoms with van der Waals surface area (Å²) in [5.41, 5.74) is 11.5. The first kappa shape index (κ1) is 12.2. The molecule has 0 saturated heterocycles. The van der Waals surface area contributed by atoms with E-state index in [0.717, 1.165) is 18.4 Å². The summed E-state index contributed by atoms with van der Waals surface area (Å²) in [7, 11) is 0. The summed E-state index contributed by atoms with van der Waals surface area (Å²) in [5, 5.41) is 0. The highest BCUT2D eigenvalue weighted by Gasteiger charge is 2.28. The number of unbranched alkanes of at least 4 members (excludes halogenated alkanes) is 1. The Bertz CT molecular complexity index is 392. The monoisotopic (exact) mass is 220 g/mol. The van der Waals surface area contributed by atoms with E-state index in [-0.39, 0.29) is 5.57 Å². The lowest BCUT2D eigenvalue weighted by Gasteiger charge is -2.19. The number of hydrogen-bond donors (Lipinski definition) is 2. The summed E-state index contributed by atoms with van der Waals surface area (Å²) in [4.78, 5) is 22.5. The molecule has 4 N–H and O–H groups in total. The zero-order valence-electron chi connectivity index (χ0n) is 9.27. The van der Waals surface area contributed by atoms with Crippen molar-refractivity contribution in [2.45, 2.75) is 19.8 Å². The first-order valence-corrected chi connectivity index (χ1v) is 5.25. The van der Waals surface area contributed by atoms with Crippen molar-refractivity contribution in [2.75, 3.05) is 0 Å². The van der Waals surface area contributed by atoms with Crippen LogP contribution in [0.25, 0.3) is 0 Å². The summed E-state index contributed by atoms with van der Waals surface area (Å²) < 4.78 is 0. The van der Waals surface area contributed by atoms with Crippen LogP contribution < -0.4 is 11.5 Å². The predicted molar refractivity (Wildman–Crippen MR) is 62.1 cm³/mol. The van der Waals surface area contributed by atoms with Crippen molar-refractivity contribution < 1.29 is 9.59 Å². The fourth-order valence-corrected chi connectivity index (χ4v) is 1.67. The van der Waals surface area contributed by atoms with Gasteiger partial charge < -0.3 is 11.5 Å². The summed E-state index contributed by atoms with van der Waals surface area (Å²) in [6.07, 6.45) is 8.77. The van der Waals surface area contributed by atoms with Crippen LogP contribution in [-0.4, -0.2) is 11.8 Å². The lowest BCUT2D eigenvalue weighted by Crippen LogP contribution is -2.33. The largest absolute Gasteiger partial charge is 0.369 e. The van der Waals surface area contributed by atoms with Crippen LogP contribution in [0.1, 0.15) is 19.8 Å². The van der Waals surface area contributed by atoms with Gasteiger partial charge in [0.25, 0.3) is 0 Å². The SMILES string of the molecule is CCCC=C1C=CC=C(C(N)=O)C1C(N)=O. The Morgan fingerprint density at radius 3 is 2.62 bits per heavy atom. The molecule has 0 fully saturated rings. The third kappa shape index (κ3) is 2.59. The van der Waals surface area contributed by atoms with Crippen LogP contribution >= 0.6 is 0 Å². The molecule has 0 aromatic rings. The molecule has 0 saturated carbocycles. The molecule has 0 heterocycles. The first-order chi connectivity index (χ1) is 7.57. The Balaban J connectivity index is 3.06. The van der Waals surface area contributed by atoms with Gasteiger partial charge in [0.1, 0.15) is 0 Å². The zero-order valence-corrected chi connectivity index (χ0v) is 9.27. The normalized spacial score (nSPS) is 21.9. The molecular formula is C12H16N2O2. The number of carbonyl (C=O) groups is 2. The Morgan fingerprint density at radius 2 is 2.12 bits per heavy atom. The van der Waals surface area contributed by atoms with Gasteiger partial charge in [0, 0.05) is 5.57 Å². The van der Waals surface area contributed by atoms with E-state index in [1.807, 2.05) is 13.0 Å². The molecule has 1 aliphatic carbocycles. The van der Waals surface area contributed by atoms with Gasteiger partial charge in [-0.25, -0.2) is 0 Å². The van der Waals surface area contributed by atoms with Crippen LogP contribution in [0.15, 0.2) is 35.5 Å². The van der Waals surface area contributed by atoms with Crippen LogP contribution in [0.3, 0.4) is 0 Å². The number of allylic oxidation sites excluding steroid dienone is 4. The van der Waals surface area contributed by atoms with Crippen molar-refractivity contribution >= 4 is 11.8 Å². The van der Waals surface area contributed by atoms with Gasteiger partial charge in [-0.1, -0.05) is 37.6 Å². The lowest BCUT2D eigenvalue weighted by molar-refractivity contribution is -0.122. The minimum absolute atomic E-state index is 0.261. The Morgan fingerprint density at radius 1 is 1.44 bits per heavy atom. The molecule has 2 amide bonds. The standard InChI is InChI=1S/C12H16N2O2/c1-2-3-5-8-6-4-7-9(11(13)15)10(8)12(14)16/h4-7,10H,2-3H2,1H3,(H2,13,15)(H2,14,16). The van der Waals surface area contributed by atoms with Crippen LogP contribution in [-0.2, 0) is 9.59 Å². The van der Waals surface area contributed by atoms with Crippen molar-refractivity contribution in [1.29, 1.82) is 0 Å². The summed E-state index contributed by atoms with van der Waals surface area (Å²) >= 11 is 0. The van der Waals surface area contributed by atoms with E-state index in [0.29, 0.717) is 0 Å². The molecule has 0 aromatic heterocycles. The fraction of sp³-hybridized carbons (Fsp3) is 0.333. The molecule has 1 aliphatic rings. The van der Waals surface area contributed by atoms with E-state index in [9.17, 15) is 9.59 Å². The summed E-state index contributed by atoms with van der Waals surface area (Å²) in [5.74, 6) is -1.85. The van der Waals surface area contributed by atoms with Crippen molar-refractivity contribution in [2.24, 2.45) is 17.4 Å². The van der Waals surface area contributed by atoms with Gasteiger partial charge in [0.15, 0.2) is 0 Å². The van der Waals surface area contributed by atoms with Crippen LogP contribution in [0.2, 0.25) is 0 Å². The average molecular weight is 220 g/mol. The topological polar surface area (TPSA) is 86.2 Å². The highest BCUT2D eigenvalue weighted by atomic mass is 16.2. The third-order valence-electron chi connectivity index (χ3n) is 2.45. The van der Waals surface area contributed by atoms with Gasteiger partial charge >= 0.3 is 0 Å². The third-order valence-corrected chi connectivity index (χ3v) is 2.45. The van der Waals surface area contributed by atoms with Gasteiger partial charge in [-0.05, 0) is 12.0 Å². The maximum absolute atomic E-state index is 11.3. The summed E-state index contributed by atoms with van der Waals surface area (Å²) in [6.45, 7) is 2.04. The second kappa shape index (κ2) is 5.30. The van der Waals surface area contributed by atoms with E-state index < -0.39 is 17.7 Å². The van der Waals surface area contributed by atoms with Crippen molar-refractivity contribution in [3.05, 3.63) is 35.5 Å². The molecule has 1 atom stereocenters. The molecular weight excluding hydrogens is 204 g/mol. The van der Waals surface area contributed by atoms with Crippen LogP contribution in [0, 0.1) is 5.92 Å². The minimum Gasteiger partial charge on any atom is -0.369 e. The van der Waals surface area contributed by atoms with Crippen molar-refractivity contribution in [1.82, 2.24) is 0 Å². The maximum atomic E-state index is 11.3. The van der Waals surface area contributed by atoms with E-state index in [2.05, 4.69) is 0 Å². The van der Waals surface area contributed by atoms with Crippen LogP contribution in [0.5, 0.6) is 0 Å². The summed E-state index contributed by atoms with van der Waals surface area (Å²) in [6, 6.07) is 0. The molecule has 86 valence electrons. The van der Waals surface area contributed by atoms with Crippen molar-refractivity contribution in [3.63, 3.8) is 0 Å².